The minimum atomic E-state index is -3.49. The molecule has 1 aromatic heterocycles. The number of benzene rings is 2. The van der Waals surface area contributed by atoms with Crippen LogP contribution in [0.1, 0.15) is 11.3 Å². The molecular weight excluding hydrogens is 514 g/mol. The molecular formula is C22H24BrN3O4S2. The summed E-state index contributed by atoms with van der Waals surface area (Å²) in [7, 11) is -0.213. The Bertz CT molecular complexity index is 1170. The molecule has 3 aromatic rings. The van der Waals surface area contributed by atoms with Gasteiger partial charge in [-0.25, -0.2) is 13.4 Å². The third kappa shape index (κ3) is 4.93. The van der Waals surface area contributed by atoms with E-state index in [-0.39, 0.29) is 0 Å². The number of sulfonamides is 1. The Morgan fingerprint density at radius 3 is 2.41 bits per heavy atom. The van der Waals surface area contributed by atoms with E-state index >= 15 is 0 Å². The molecule has 0 bridgehead atoms. The Morgan fingerprint density at radius 1 is 1.03 bits per heavy atom. The lowest BCUT2D eigenvalue weighted by atomic mass is 10.1. The molecule has 1 saturated heterocycles. The summed E-state index contributed by atoms with van der Waals surface area (Å²) in [5.74, 6) is 1.52. The summed E-state index contributed by atoms with van der Waals surface area (Å²) >= 11 is 4.92. The van der Waals surface area contributed by atoms with E-state index in [4.69, 9.17) is 14.5 Å². The highest BCUT2D eigenvalue weighted by Crippen LogP contribution is 2.29. The van der Waals surface area contributed by atoms with Crippen LogP contribution < -0.4 is 14.4 Å². The van der Waals surface area contributed by atoms with Gasteiger partial charge in [0, 0.05) is 54.1 Å². The molecule has 2 heterocycles. The molecule has 0 saturated carbocycles. The van der Waals surface area contributed by atoms with Crippen LogP contribution in [-0.2, 0) is 16.4 Å². The van der Waals surface area contributed by atoms with Gasteiger partial charge in [0.25, 0.3) is 0 Å². The normalized spacial score (nSPS) is 15.0. The fourth-order valence-electron chi connectivity index (χ4n) is 3.59. The molecule has 0 unspecified atom stereocenters. The topological polar surface area (TPSA) is 72.0 Å². The zero-order chi connectivity index (χ0) is 22.7. The largest absolute Gasteiger partial charge is 0.497 e. The summed E-state index contributed by atoms with van der Waals surface area (Å²) in [6, 6.07) is 12.5. The maximum atomic E-state index is 12.9. The lowest BCUT2D eigenvalue weighted by molar-refractivity contribution is 0.384. The quantitative estimate of drug-likeness (QED) is 0.453. The number of hydrogen-bond donors (Lipinski definition) is 0. The molecule has 1 fully saturated rings. The van der Waals surface area contributed by atoms with Crippen molar-refractivity contribution in [2.24, 2.45) is 0 Å². The molecule has 7 nitrogen and oxygen atoms in total. The third-order valence-corrected chi connectivity index (χ3v) is 8.76. The highest BCUT2D eigenvalue weighted by Gasteiger charge is 2.29. The first-order valence-electron chi connectivity index (χ1n) is 10.1. The number of methoxy groups -OCH3 is 2. The van der Waals surface area contributed by atoms with Crippen molar-refractivity contribution < 1.29 is 17.9 Å². The molecule has 2 aromatic carbocycles. The van der Waals surface area contributed by atoms with Crippen molar-refractivity contribution in [3.8, 4) is 11.5 Å². The number of nitrogens with zero attached hydrogens (tertiary/aromatic N) is 3. The van der Waals surface area contributed by atoms with Crippen LogP contribution in [0.5, 0.6) is 11.5 Å². The monoisotopic (exact) mass is 537 g/mol. The van der Waals surface area contributed by atoms with Crippen LogP contribution in [0.3, 0.4) is 0 Å². The molecule has 0 aliphatic carbocycles. The van der Waals surface area contributed by atoms with Crippen LogP contribution in [-0.4, -0.2) is 58.1 Å². The molecule has 1 aliphatic heterocycles. The van der Waals surface area contributed by atoms with Crippen LogP contribution in [0, 0.1) is 0 Å². The Kier molecular flexibility index (Phi) is 7.04. The summed E-state index contributed by atoms with van der Waals surface area (Å²) in [6.07, 6.45) is 0.654. The highest BCUT2D eigenvalue weighted by molar-refractivity contribution is 9.10. The van der Waals surface area contributed by atoms with E-state index in [0.29, 0.717) is 37.5 Å². The fourth-order valence-corrected chi connectivity index (χ4v) is 6.16. The molecule has 1 aliphatic rings. The van der Waals surface area contributed by atoms with Gasteiger partial charge in [-0.05, 0) is 30.3 Å². The van der Waals surface area contributed by atoms with E-state index in [2.05, 4.69) is 20.8 Å². The van der Waals surface area contributed by atoms with Gasteiger partial charge in [0.05, 0.1) is 24.8 Å². The van der Waals surface area contributed by atoms with E-state index in [1.54, 1.807) is 54.1 Å². The van der Waals surface area contributed by atoms with Gasteiger partial charge >= 0.3 is 0 Å². The minimum absolute atomic E-state index is 0.319. The Balaban J connectivity index is 1.41. The van der Waals surface area contributed by atoms with Crippen molar-refractivity contribution in [3.05, 3.63) is 63.6 Å². The molecule has 10 heteroatoms. The van der Waals surface area contributed by atoms with Gasteiger partial charge in [0.15, 0.2) is 5.13 Å². The molecule has 4 rings (SSSR count). The minimum Gasteiger partial charge on any atom is -0.497 e. The van der Waals surface area contributed by atoms with Crippen LogP contribution in [0.2, 0.25) is 0 Å². The molecule has 0 amide bonds. The van der Waals surface area contributed by atoms with Gasteiger partial charge < -0.3 is 14.4 Å². The number of hydrogen-bond acceptors (Lipinski definition) is 7. The third-order valence-electron chi connectivity index (χ3n) is 5.37. The van der Waals surface area contributed by atoms with Crippen LogP contribution in [0.15, 0.2) is 57.2 Å². The first-order chi connectivity index (χ1) is 15.4. The second kappa shape index (κ2) is 9.78. The van der Waals surface area contributed by atoms with Crippen molar-refractivity contribution in [2.75, 3.05) is 45.3 Å². The lowest BCUT2D eigenvalue weighted by Gasteiger charge is -2.33. The maximum Gasteiger partial charge on any atom is 0.243 e. The number of thiazole rings is 1. The molecule has 0 atom stereocenters. The Hall–Kier alpha value is -2.14. The number of halogens is 1. The van der Waals surface area contributed by atoms with Gasteiger partial charge in [0.2, 0.25) is 10.0 Å². The van der Waals surface area contributed by atoms with Crippen LogP contribution in [0.4, 0.5) is 5.13 Å². The predicted octanol–water partition coefficient (Wildman–Crippen LogP) is 4.02. The van der Waals surface area contributed by atoms with Gasteiger partial charge in [-0.3, -0.25) is 0 Å². The lowest BCUT2D eigenvalue weighted by Crippen LogP contribution is -2.48. The SMILES string of the molecule is COc1ccc(Cc2csc(N3CCN(S(=O)(=O)c4ccc(Br)cc4)CC3)n2)c(OC)c1. The molecule has 0 spiro atoms. The molecule has 0 N–H and O–H groups in total. The van der Waals surface area contributed by atoms with Crippen molar-refractivity contribution >= 4 is 42.4 Å². The average Bonchev–Trinajstić information content (AvgIpc) is 3.28. The van der Waals surface area contributed by atoms with E-state index in [9.17, 15) is 8.42 Å². The second-order valence-corrected chi connectivity index (χ2v) is 11.0. The summed E-state index contributed by atoms with van der Waals surface area (Å²) in [5.41, 5.74) is 1.99. The summed E-state index contributed by atoms with van der Waals surface area (Å²) in [4.78, 5) is 7.25. The Labute approximate surface area is 200 Å². The summed E-state index contributed by atoms with van der Waals surface area (Å²) in [5, 5.41) is 2.96. The van der Waals surface area contributed by atoms with E-state index in [0.717, 1.165) is 32.4 Å². The number of aromatic nitrogens is 1. The van der Waals surface area contributed by atoms with Crippen LogP contribution >= 0.6 is 27.3 Å². The van der Waals surface area contributed by atoms with Crippen molar-refractivity contribution in [2.45, 2.75) is 11.3 Å². The highest BCUT2D eigenvalue weighted by atomic mass is 79.9. The number of piperazine rings is 1. The summed E-state index contributed by atoms with van der Waals surface area (Å²) < 4.78 is 39.0. The van der Waals surface area contributed by atoms with Crippen molar-refractivity contribution in [1.82, 2.24) is 9.29 Å². The van der Waals surface area contributed by atoms with Crippen LogP contribution in [0.25, 0.3) is 0 Å². The van der Waals surface area contributed by atoms with Gasteiger partial charge in [0.1, 0.15) is 11.5 Å². The average molecular weight is 538 g/mol. The first kappa shape index (κ1) is 23.0. The molecule has 32 heavy (non-hydrogen) atoms. The smallest absolute Gasteiger partial charge is 0.243 e. The Morgan fingerprint density at radius 2 is 1.75 bits per heavy atom. The van der Waals surface area contributed by atoms with E-state index < -0.39 is 10.0 Å². The van der Waals surface area contributed by atoms with Gasteiger partial charge in [-0.15, -0.1) is 11.3 Å². The van der Waals surface area contributed by atoms with E-state index in [1.807, 2.05) is 23.6 Å². The van der Waals surface area contributed by atoms with Gasteiger partial charge in [-0.1, -0.05) is 22.0 Å². The van der Waals surface area contributed by atoms with E-state index in [1.165, 1.54) is 0 Å². The summed E-state index contributed by atoms with van der Waals surface area (Å²) in [6.45, 7) is 2.07. The first-order valence-corrected chi connectivity index (χ1v) is 13.2. The van der Waals surface area contributed by atoms with Crippen molar-refractivity contribution in [3.63, 3.8) is 0 Å². The fraction of sp³-hybridized carbons (Fsp3) is 0.318. The molecule has 0 radical (unpaired) electrons. The number of rotatable bonds is 7. The second-order valence-electron chi connectivity index (χ2n) is 7.32. The number of ether oxygens (including phenoxy) is 2. The zero-order valence-electron chi connectivity index (χ0n) is 17.8. The number of anilines is 1. The maximum absolute atomic E-state index is 12.9. The molecule has 170 valence electrons. The van der Waals surface area contributed by atoms with Gasteiger partial charge in [-0.2, -0.15) is 4.31 Å². The predicted molar refractivity (Wildman–Crippen MR) is 130 cm³/mol. The standard InChI is InChI=1S/C22H24BrN3O4S2/c1-29-19-6-3-16(21(14-19)30-2)13-18-15-31-22(24-18)25-9-11-26(12-10-25)32(27,28)20-7-4-17(23)5-8-20/h3-8,14-15H,9-13H2,1-2H3. The zero-order valence-corrected chi connectivity index (χ0v) is 21.0. The van der Waals surface area contributed by atoms with Crippen molar-refractivity contribution in [1.29, 1.82) is 0 Å².